The third-order valence-electron chi connectivity index (χ3n) is 5.28. The molecule has 1 saturated heterocycles. The Bertz CT molecular complexity index is 417. The molecule has 0 aromatic heterocycles. The summed E-state index contributed by atoms with van der Waals surface area (Å²) in [5.41, 5.74) is 0. The molecule has 3 aliphatic rings. The number of hydrogen-bond donors (Lipinski definition) is 1. The van der Waals surface area contributed by atoms with Gasteiger partial charge in [0.15, 0.2) is 0 Å². The van der Waals surface area contributed by atoms with E-state index in [0.717, 1.165) is 32.2 Å². The minimum Gasteiger partial charge on any atom is -0.355 e. The van der Waals surface area contributed by atoms with Crippen LogP contribution in [0.15, 0.2) is 0 Å². The fourth-order valence-electron chi connectivity index (χ4n) is 3.62. The molecule has 1 amide bonds. The molecule has 1 heterocycles. The maximum Gasteiger partial charge on any atom is 0.234 e. The first-order chi connectivity index (χ1) is 11.5. The summed E-state index contributed by atoms with van der Waals surface area (Å²) >= 11 is 0. The molecule has 0 aromatic carbocycles. The van der Waals surface area contributed by atoms with Crippen molar-refractivity contribution in [1.29, 1.82) is 0 Å². The highest BCUT2D eigenvalue weighted by Gasteiger charge is 2.51. The topological polar surface area (TPSA) is 69.3 Å². The summed E-state index contributed by atoms with van der Waals surface area (Å²) < 4.78 is 0. The molecule has 1 aliphatic heterocycles. The van der Waals surface area contributed by atoms with Gasteiger partial charge in [-0.15, -0.1) is 0 Å². The van der Waals surface area contributed by atoms with Crippen LogP contribution in [0, 0.1) is 5.92 Å². The van der Waals surface area contributed by atoms with Gasteiger partial charge in [0.05, 0.1) is 0 Å². The summed E-state index contributed by atoms with van der Waals surface area (Å²) in [6, 6.07) is 0. The highest BCUT2D eigenvalue weighted by molar-refractivity contribution is 5.78. The third-order valence-corrected chi connectivity index (χ3v) is 5.28. The van der Waals surface area contributed by atoms with Crippen LogP contribution in [-0.4, -0.2) is 49.6 Å². The van der Waals surface area contributed by atoms with Crippen molar-refractivity contribution in [1.82, 2.24) is 10.2 Å². The Kier molecular flexibility index (Phi) is 5.77. The third kappa shape index (κ3) is 4.26. The lowest BCUT2D eigenvalue weighted by atomic mass is 9.84. The van der Waals surface area contributed by atoms with Gasteiger partial charge in [0.2, 0.25) is 17.5 Å². The van der Waals surface area contributed by atoms with Crippen LogP contribution in [0.1, 0.15) is 57.8 Å². The lowest BCUT2D eigenvalue weighted by molar-refractivity contribution is -0.662. The molecule has 138 valence electrons. The van der Waals surface area contributed by atoms with Crippen LogP contribution in [0.4, 0.5) is 0 Å². The number of carbonyl (C=O) groups excluding carboxylic acids is 1. The quantitative estimate of drug-likeness (QED) is 0.789. The number of carbonyl (C=O) groups is 1. The van der Waals surface area contributed by atoms with E-state index in [1.54, 1.807) is 0 Å². The molecule has 0 atom stereocenters. The summed E-state index contributed by atoms with van der Waals surface area (Å²) in [5, 5.41) is 3.00. The van der Waals surface area contributed by atoms with E-state index in [0.29, 0.717) is 32.2 Å². The van der Waals surface area contributed by atoms with Crippen LogP contribution >= 0.6 is 0 Å². The van der Waals surface area contributed by atoms with E-state index in [4.69, 9.17) is 19.6 Å². The minimum absolute atomic E-state index is 0.00977. The molecule has 2 spiro atoms. The average molecular weight is 342 g/mol. The zero-order valence-corrected chi connectivity index (χ0v) is 14.8. The number of nitrogens with zero attached hydrogens (tertiary/aromatic N) is 1. The van der Waals surface area contributed by atoms with Crippen LogP contribution in [0.25, 0.3) is 0 Å². The number of likely N-dealkylation sites (N-methyl/N-ethyl adjacent to an activating group) is 1. The molecule has 0 unspecified atom stereocenters. The lowest BCUT2D eigenvalue weighted by Crippen LogP contribution is -2.53. The molecule has 0 bridgehead atoms. The van der Waals surface area contributed by atoms with E-state index in [9.17, 15) is 4.79 Å². The van der Waals surface area contributed by atoms with Gasteiger partial charge < -0.3 is 10.2 Å². The van der Waals surface area contributed by atoms with Crippen molar-refractivity contribution in [2.75, 3.05) is 27.2 Å². The summed E-state index contributed by atoms with van der Waals surface area (Å²) in [7, 11) is 3.99. The summed E-state index contributed by atoms with van der Waals surface area (Å²) in [5.74, 6) is -1.43. The minimum atomic E-state index is -0.844. The second-order valence-electron chi connectivity index (χ2n) is 7.58. The predicted octanol–water partition coefficient (Wildman–Crippen LogP) is 2.12. The van der Waals surface area contributed by atoms with E-state index in [1.807, 2.05) is 14.1 Å². The fourth-order valence-corrected chi connectivity index (χ4v) is 3.62. The van der Waals surface area contributed by atoms with Crippen LogP contribution in [-0.2, 0) is 24.3 Å². The molecule has 24 heavy (non-hydrogen) atoms. The smallest absolute Gasteiger partial charge is 0.234 e. The average Bonchev–Trinajstić information content (AvgIpc) is 2.59. The highest BCUT2D eigenvalue weighted by atomic mass is 17.4. The summed E-state index contributed by atoms with van der Waals surface area (Å²) in [6.07, 6.45) is 7.58. The van der Waals surface area contributed by atoms with Gasteiger partial charge in [-0.25, -0.2) is 0 Å². The molecule has 2 saturated carbocycles. The van der Waals surface area contributed by atoms with Gasteiger partial charge in [-0.05, 0) is 39.8 Å². The van der Waals surface area contributed by atoms with Crippen LogP contribution in [0.2, 0.25) is 0 Å². The van der Waals surface area contributed by atoms with Crippen molar-refractivity contribution >= 4 is 5.91 Å². The normalized spacial score (nSPS) is 26.8. The van der Waals surface area contributed by atoms with Crippen molar-refractivity contribution in [2.45, 2.75) is 69.4 Å². The van der Waals surface area contributed by atoms with Gasteiger partial charge in [-0.1, -0.05) is 6.42 Å². The Balaban J connectivity index is 1.43. The number of rotatable bonds is 4. The van der Waals surface area contributed by atoms with Crippen LogP contribution in [0.5, 0.6) is 0 Å². The first kappa shape index (κ1) is 18.1. The maximum absolute atomic E-state index is 12.2. The molecule has 3 rings (SSSR count). The molecular formula is C17H30N2O5. The van der Waals surface area contributed by atoms with Gasteiger partial charge in [0, 0.05) is 44.7 Å². The zero-order chi connectivity index (χ0) is 17.0. The van der Waals surface area contributed by atoms with Crippen molar-refractivity contribution in [3.05, 3.63) is 0 Å². The van der Waals surface area contributed by atoms with E-state index in [2.05, 4.69) is 10.2 Å². The van der Waals surface area contributed by atoms with E-state index < -0.39 is 11.6 Å². The summed E-state index contributed by atoms with van der Waals surface area (Å²) in [6.45, 7) is 1.52. The van der Waals surface area contributed by atoms with E-state index in [-0.39, 0.29) is 11.8 Å². The van der Waals surface area contributed by atoms with Gasteiger partial charge in [0.25, 0.3) is 0 Å². The standard InChI is InChI=1S/C17H30N2O5/c1-19(2)13-12-18-15(20)14-6-10-17(11-7-14)23-21-16(22-24-17)8-4-3-5-9-16/h14H,3-13H2,1-2H3,(H,18,20). The summed E-state index contributed by atoms with van der Waals surface area (Å²) in [4.78, 5) is 36.8. The van der Waals surface area contributed by atoms with Crippen molar-refractivity contribution in [3.8, 4) is 0 Å². The van der Waals surface area contributed by atoms with Crippen molar-refractivity contribution in [3.63, 3.8) is 0 Å². The number of nitrogens with one attached hydrogen (secondary N) is 1. The molecule has 7 nitrogen and oxygen atoms in total. The lowest BCUT2D eigenvalue weighted by Gasteiger charge is -2.46. The molecule has 0 aromatic rings. The number of hydrogen-bond acceptors (Lipinski definition) is 6. The van der Waals surface area contributed by atoms with Gasteiger partial charge in [-0.2, -0.15) is 19.6 Å². The first-order valence-corrected chi connectivity index (χ1v) is 9.19. The monoisotopic (exact) mass is 342 g/mol. The van der Waals surface area contributed by atoms with Gasteiger partial charge in [0.1, 0.15) is 0 Å². The van der Waals surface area contributed by atoms with Gasteiger partial charge in [-0.3, -0.25) is 4.79 Å². The Morgan fingerprint density at radius 2 is 1.50 bits per heavy atom. The first-order valence-electron chi connectivity index (χ1n) is 9.19. The van der Waals surface area contributed by atoms with Crippen molar-refractivity contribution < 1.29 is 24.3 Å². The molecule has 1 N–H and O–H groups in total. The van der Waals surface area contributed by atoms with E-state index in [1.165, 1.54) is 6.42 Å². The predicted molar refractivity (Wildman–Crippen MR) is 86.4 cm³/mol. The second-order valence-corrected chi connectivity index (χ2v) is 7.58. The Morgan fingerprint density at radius 3 is 2.04 bits per heavy atom. The SMILES string of the molecule is CN(C)CCNC(=O)C1CCC2(CC1)OOC1(CCCCC1)OO2. The molecule has 0 radical (unpaired) electrons. The highest BCUT2D eigenvalue weighted by Crippen LogP contribution is 2.44. The Labute approximate surface area is 143 Å². The molecule has 7 heteroatoms. The fraction of sp³-hybridized carbons (Fsp3) is 0.941. The Morgan fingerprint density at radius 1 is 0.958 bits per heavy atom. The largest absolute Gasteiger partial charge is 0.355 e. The molecule has 3 fully saturated rings. The molecular weight excluding hydrogens is 312 g/mol. The number of amides is 1. The second kappa shape index (κ2) is 7.66. The van der Waals surface area contributed by atoms with Gasteiger partial charge >= 0.3 is 0 Å². The Hall–Kier alpha value is -0.730. The zero-order valence-electron chi connectivity index (χ0n) is 14.8. The van der Waals surface area contributed by atoms with Crippen LogP contribution in [0.3, 0.4) is 0 Å². The van der Waals surface area contributed by atoms with Crippen LogP contribution < -0.4 is 5.32 Å². The molecule has 2 aliphatic carbocycles. The van der Waals surface area contributed by atoms with Crippen molar-refractivity contribution in [2.24, 2.45) is 5.92 Å². The maximum atomic E-state index is 12.2. The van der Waals surface area contributed by atoms with E-state index >= 15 is 0 Å².